The Morgan fingerprint density at radius 1 is 0.947 bits per heavy atom. The molecule has 0 bridgehead atoms. The summed E-state index contributed by atoms with van der Waals surface area (Å²) in [7, 11) is 0. The van der Waals surface area contributed by atoms with Gasteiger partial charge in [-0.15, -0.1) is 11.3 Å². The van der Waals surface area contributed by atoms with Gasteiger partial charge in [0.2, 0.25) is 0 Å². The van der Waals surface area contributed by atoms with Crippen molar-refractivity contribution >= 4 is 39.1 Å². The quantitative estimate of drug-likeness (QED) is 0.420. The summed E-state index contributed by atoms with van der Waals surface area (Å²) in [6.07, 6.45) is -2.58. The van der Waals surface area contributed by atoms with Crippen molar-refractivity contribution in [3.05, 3.63) is 59.0 Å². The SMILES string of the molecule is O=C(NC1CCN(C(=O)O)CC1)c1cc2ccc(OC3CCN(c4ccc(C(F)(F)F)cc4)CC3)cc2s1. The van der Waals surface area contributed by atoms with E-state index in [-0.39, 0.29) is 18.1 Å². The molecule has 2 amide bonds. The molecule has 0 spiro atoms. The number of hydrogen-bond acceptors (Lipinski definition) is 5. The highest BCUT2D eigenvalue weighted by molar-refractivity contribution is 7.20. The molecule has 11 heteroatoms. The van der Waals surface area contributed by atoms with E-state index in [4.69, 9.17) is 9.84 Å². The predicted octanol–water partition coefficient (Wildman–Crippen LogP) is 5.84. The van der Waals surface area contributed by atoms with Crippen molar-refractivity contribution in [2.75, 3.05) is 31.1 Å². The maximum atomic E-state index is 12.8. The van der Waals surface area contributed by atoms with Crippen LogP contribution >= 0.6 is 11.3 Å². The number of likely N-dealkylation sites (tertiary alicyclic amines) is 1. The number of nitrogens with one attached hydrogen (secondary N) is 1. The first kappa shape index (κ1) is 26.1. The van der Waals surface area contributed by atoms with Gasteiger partial charge in [-0.25, -0.2) is 4.79 Å². The van der Waals surface area contributed by atoms with Crippen LogP contribution in [0.15, 0.2) is 48.5 Å². The first-order valence-corrected chi connectivity index (χ1v) is 13.4. The molecular formula is C27H28F3N3O4S. The van der Waals surface area contributed by atoms with Crippen LogP contribution in [0.3, 0.4) is 0 Å². The minimum absolute atomic E-state index is 0.00227. The Morgan fingerprint density at radius 3 is 2.26 bits per heavy atom. The Morgan fingerprint density at radius 2 is 1.63 bits per heavy atom. The van der Waals surface area contributed by atoms with Crippen molar-refractivity contribution in [1.29, 1.82) is 0 Å². The van der Waals surface area contributed by atoms with Crippen LogP contribution in [0.2, 0.25) is 0 Å². The number of carbonyl (C=O) groups excluding carboxylic acids is 1. The lowest BCUT2D eigenvalue weighted by atomic mass is 10.1. The molecule has 0 aliphatic carbocycles. The second-order valence-corrected chi connectivity index (χ2v) is 10.8. The van der Waals surface area contributed by atoms with E-state index in [0.717, 1.165) is 46.5 Å². The van der Waals surface area contributed by atoms with E-state index in [9.17, 15) is 22.8 Å². The average Bonchev–Trinajstić information content (AvgIpc) is 3.33. The van der Waals surface area contributed by atoms with Gasteiger partial charge in [0.15, 0.2) is 0 Å². The van der Waals surface area contributed by atoms with Crippen molar-refractivity contribution in [2.45, 2.75) is 44.0 Å². The Hall–Kier alpha value is -3.47. The zero-order chi connectivity index (χ0) is 26.9. The number of rotatable bonds is 5. The Bertz CT molecular complexity index is 1300. The summed E-state index contributed by atoms with van der Waals surface area (Å²) in [4.78, 5) is 27.9. The number of piperidine rings is 2. The molecule has 2 saturated heterocycles. The maximum absolute atomic E-state index is 12.8. The molecule has 5 rings (SSSR count). The summed E-state index contributed by atoms with van der Waals surface area (Å²) in [5, 5.41) is 13.1. The number of carbonyl (C=O) groups is 2. The summed E-state index contributed by atoms with van der Waals surface area (Å²) >= 11 is 1.39. The van der Waals surface area contributed by atoms with E-state index in [2.05, 4.69) is 10.2 Å². The fraction of sp³-hybridized carbons (Fsp3) is 0.407. The minimum Gasteiger partial charge on any atom is -0.490 e. The topological polar surface area (TPSA) is 82.1 Å². The van der Waals surface area contributed by atoms with Crippen LogP contribution in [0.25, 0.3) is 10.1 Å². The molecule has 2 aliphatic rings. The molecule has 0 radical (unpaired) electrons. The summed E-state index contributed by atoms with van der Waals surface area (Å²) in [6, 6.07) is 12.8. The predicted molar refractivity (Wildman–Crippen MR) is 139 cm³/mol. The first-order valence-electron chi connectivity index (χ1n) is 12.6. The number of ether oxygens (including phenoxy) is 1. The molecule has 0 atom stereocenters. The van der Waals surface area contributed by atoms with Crippen LogP contribution in [-0.4, -0.2) is 60.3 Å². The van der Waals surface area contributed by atoms with Crippen LogP contribution in [-0.2, 0) is 6.18 Å². The van der Waals surface area contributed by atoms with Crippen LogP contribution in [0.1, 0.15) is 40.9 Å². The highest BCUT2D eigenvalue weighted by Crippen LogP contribution is 2.33. The maximum Gasteiger partial charge on any atom is 0.416 e. The molecule has 7 nitrogen and oxygen atoms in total. The molecule has 2 aliphatic heterocycles. The molecule has 0 saturated carbocycles. The van der Waals surface area contributed by atoms with Gasteiger partial charge in [-0.05, 0) is 66.8 Å². The normalized spacial score (nSPS) is 17.6. The number of anilines is 1. The number of thiophene rings is 1. The third-order valence-corrected chi connectivity index (χ3v) is 8.22. The molecular weight excluding hydrogens is 519 g/mol. The Balaban J connectivity index is 1.14. The lowest BCUT2D eigenvalue weighted by Gasteiger charge is -2.33. The summed E-state index contributed by atoms with van der Waals surface area (Å²) in [6.45, 7) is 2.20. The zero-order valence-corrected chi connectivity index (χ0v) is 21.4. The van der Waals surface area contributed by atoms with Crippen molar-refractivity contribution in [1.82, 2.24) is 10.2 Å². The Labute approximate surface area is 221 Å². The van der Waals surface area contributed by atoms with Gasteiger partial charge in [-0.2, -0.15) is 13.2 Å². The van der Waals surface area contributed by atoms with E-state index in [1.165, 1.54) is 28.4 Å². The van der Waals surface area contributed by atoms with Crippen molar-refractivity contribution in [3.8, 4) is 5.75 Å². The second-order valence-electron chi connectivity index (χ2n) is 9.68. The number of carboxylic acid groups (broad SMARTS) is 1. The summed E-state index contributed by atoms with van der Waals surface area (Å²) in [5.74, 6) is 0.568. The molecule has 3 heterocycles. The fourth-order valence-corrected chi connectivity index (χ4v) is 5.95. The van der Waals surface area contributed by atoms with E-state index < -0.39 is 17.8 Å². The number of hydrogen-bond donors (Lipinski definition) is 2. The highest BCUT2D eigenvalue weighted by Gasteiger charge is 2.30. The molecule has 1 aromatic heterocycles. The van der Waals surface area contributed by atoms with E-state index >= 15 is 0 Å². The third-order valence-electron chi connectivity index (χ3n) is 7.12. The number of benzene rings is 2. The average molecular weight is 548 g/mol. The Kier molecular flexibility index (Phi) is 7.38. The van der Waals surface area contributed by atoms with Crippen molar-refractivity contribution in [3.63, 3.8) is 0 Å². The standard InChI is InChI=1S/C27H28F3N3O4S/c28-27(29,30)18-2-4-20(5-3-18)32-13-9-21(10-14-32)37-22-6-1-17-15-24(38-23(17)16-22)25(34)31-19-7-11-33(12-8-19)26(35)36/h1-6,15-16,19,21H,7-14H2,(H,31,34)(H,35,36). The molecule has 2 N–H and O–H groups in total. The highest BCUT2D eigenvalue weighted by atomic mass is 32.1. The van der Waals surface area contributed by atoms with Gasteiger partial charge in [-0.1, -0.05) is 0 Å². The summed E-state index contributed by atoms with van der Waals surface area (Å²) < 4.78 is 45.6. The van der Waals surface area contributed by atoms with Gasteiger partial charge in [0.1, 0.15) is 11.9 Å². The zero-order valence-electron chi connectivity index (χ0n) is 20.5. The van der Waals surface area contributed by atoms with Crippen LogP contribution in [0, 0.1) is 0 Å². The number of nitrogens with zero attached hydrogens (tertiary/aromatic N) is 2. The number of amides is 2. The van der Waals surface area contributed by atoms with Gasteiger partial charge >= 0.3 is 12.3 Å². The van der Waals surface area contributed by atoms with Crippen molar-refractivity contribution in [2.24, 2.45) is 0 Å². The fourth-order valence-electron chi connectivity index (χ4n) is 4.95. The second kappa shape index (κ2) is 10.7. The van der Waals surface area contributed by atoms with E-state index in [0.29, 0.717) is 43.9 Å². The minimum atomic E-state index is -4.34. The van der Waals surface area contributed by atoms with Gasteiger partial charge in [0.25, 0.3) is 5.91 Å². The smallest absolute Gasteiger partial charge is 0.416 e. The van der Waals surface area contributed by atoms with Gasteiger partial charge < -0.3 is 25.0 Å². The number of alkyl halides is 3. The van der Waals surface area contributed by atoms with Crippen LogP contribution in [0.5, 0.6) is 5.75 Å². The molecule has 3 aromatic rings. The molecule has 0 unspecified atom stereocenters. The van der Waals surface area contributed by atoms with Gasteiger partial charge in [-0.3, -0.25) is 4.79 Å². The third kappa shape index (κ3) is 5.98. The van der Waals surface area contributed by atoms with Gasteiger partial charge in [0.05, 0.1) is 10.4 Å². The first-order chi connectivity index (χ1) is 18.2. The molecule has 202 valence electrons. The largest absolute Gasteiger partial charge is 0.490 e. The summed E-state index contributed by atoms with van der Waals surface area (Å²) in [5.41, 5.74) is 0.125. The number of fused-ring (bicyclic) bond motifs is 1. The number of halogens is 3. The van der Waals surface area contributed by atoms with E-state index in [1.54, 1.807) is 0 Å². The lowest BCUT2D eigenvalue weighted by molar-refractivity contribution is -0.137. The van der Waals surface area contributed by atoms with Crippen LogP contribution in [0.4, 0.5) is 23.7 Å². The van der Waals surface area contributed by atoms with Crippen LogP contribution < -0.4 is 15.0 Å². The molecule has 2 fully saturated rings. The lowest BCUT2D eigenvalue weighted by Crippen LogP contribution is -2.46. The molecule has 2 aromatic carbocycles. The van der Waals surface area contributed by atoms with Gasteiger partial charge in [0, 0.05) is 55.4 Å². The van der Waals surface area contributed by atoms with E-state index in [1.807, 2.05) is 24.3 Å². The monoisotopic (exact) mass is 547 g/mol. The molecule has 38 heavy (non-hydrogen) atoms. The van der Waals surface area contributed by atoms with Crippen molar-refractivity contribution < 1.29 is 32.6 Å².